The van der Waals surface area contributed by atoms with E-state index in [0.29, 0.717) is 18.6 Å². The highest BCUT2D eigenvalue weighted by molar-refractivity contribution is 5.95. The lowest BCUT2D eigenvalue weighted by atomic mass is 9.84. The van der Waals surface area contributed by atoms with Gasteiger partial charge in [-0.05, 0) is 24.6 Å². The molecule has 7 heteroatoms. The van der Waals surface area contributed by atoms with Crippen molar-refractivity contribution >= 4 is 22.4 Å². The van der Waals surface area contributed by atoms with Crippen molar-refractivity contribution < 1.29 is 13.2 Å². The highest BCUT2D eigenvalue weighted by Crippen LogP contribution is 2.47. The van der Waals surface area contributed by atoms with Crippen molar-refractivity contribution in [1.29, 1.82) is 0 Å². The summed E-state index contributed by atoms with van der Waals surface area (Å²) >= 11 is 0. The number of halogens is 3. The molecule has 1 aliphatic rings. The first-order valence-corrected chi connectivity index (χ1v) is 10.1. The summed E-state index contributed by atoms with van der Waals surface area (Å²) in [5.74, 6) is -3.07. The van der Waals surface area contributed by atoms with Crippen molar-refractivity contribution in [1.82, 2.24) is 9.97 Å². The molecule has 3 aromatic rings. The number of aryl methyl sites for hydroxylation is 1. The Hall–Kier alpha value is -3.09. The fourth-order valence-electron chi connectivity index (χ4n) is 4.15. The summed E-state index contributed by atoms with van der Waals surface area (Å²) in [6.45, 7) is 11.0. The number of allylic oxidation sites excluding steroid dienone is 1. The number of aromatic nitrogens is 2. The minimum absolute atomic E-state index is 0.0203. The smallest absolute Gasteiger partial charge is 0.273 e. The number of fused-ring (bicyclic) bond motifs is 2. The van der Waals surface area contributed by atoms with Crippen LogP contribution in [-0.2, 0) is 17.9 Å². The Morgan fingerprint density at radius 1 is 1.19 bits per heavy atom. The van der Waals surface area contributed by atoms with Gasteiger partial charge in [0.2, 0.25) is 0 Å². The van der Waals surface area contributed by atoms with Gasteiger partial charge in [0.25, 0.3) is 5.92 Å². The molecule has 31 heavy (non-hydrogen) atoms. The molecule has 0 aliphatic carbocycles. The van der Waals surface area contributed by atoms with Crippen LogP contribution in [0.3, 0.4) is 0 Å². The Morgan fingerprint density at radius 2 is 1.90 bits per heavy atom. The highest BCUT2D eigenvalue weighted by atomic mass is 19.3. The molecule has 2 heterocycles. The van der Waals surface area contributed by atoms with Crippen LogP contribution in [0.1, 0.15) is 43.3 Å². The summed E-state index contributed by atoms with van der Waals surface area (Å²) < 4.78 is 42.0. The van der Waals surface area contributed by atoms with Gasteiger partial charge in [-0.1, -0.05) is 38.6 Å². The Kier molecular flexibility index (Phi) is 4.76. The number of nitrogens with zero attached hydrogens (tertiary/aromatic N) is 3. The van der Waals surface area contributed by atoms with E-state index in [1.54, 1.807) is 6.92 Å². The number of nitrogens with one attached hydrogen (secondary N) is 1. The average Bonchev–Trinajstić information content (AvgIpc) is 2.85. The second-order valence-electron chi connectivity index (χ2n) is 8.66. The lowest BCUT2D eigenvalue weighted by Crippen LogP contribution is -2.21. The van der Waals surface area contributed by atoms with E-state index in [2.05, 4.69) is 35.7 Å². The normalized spacial score (nSPS) is 15.5. The zero-order valence-electron chi connectivity index (χ0n) is 18.3. The molecule has 1 N–H and O–H groups in total. The number of likely N-dealkylation sites (N-methyl/N-ethyl adjacent to an activating group) is 1. The molecule has 1 aliphatic heterocycles. The van der Waals surface area contributed by atoms with Crippen LogP contribution in [0.4, 0.5) is 24.7 Å². The van der Waals surface area contributed by atoms with Crippen LogP contribution in [0.5, 0.6) is 0 Å². The summed E-state index contributed by atoms with van der Waals surface area (Å²) in [5.41, 5.74) is 3.19. The lowest BCUT2D eigenvalue weighted by Gasteiger charge is -2.22. The monoisotopic (exact) mass is 426 g/mol. The number of benzene rings is 2. The van der Waals surface area contributed by atoms with Crippen LogP contribution in [0.2, 0.25) is 0 Å². The number of anilines is 2. The van der Waals surface area contributed by atoms with Crippen LogP contribution in [0.25, 0.3) is 10.9 Å². The van der Waals surface area contributed by atoms with Gasteiger partial charge in [-0.3, -0.25) is 0 Å². The largest absolute Gasteiger partial charge is 0.365 e. The second-order valence-corrected chi connectivity index (χ2v) is 8.66. The quantitative estimate of drug-likeness (QED) is 0.552. The van der Waals surface area contributed by atoms with Crippen molar-refractivity contribution in [3.05, 3.63) is 70.9 Å². The third-order valence-corrected chi connectivity index (χ3v) is 6.08. The average molecular weight is 426 g/mol. The van der Waals surface area contributed by atoms with Gasteiger partial charge < -0.3 is 10.2 Å². The van der Waals surface area contributed by atoms with E-state index in [0.717, 1.165) is 33.9 Å². The maximum atomic E-state index is 14.7. The minimum Gasteiger partial charge on any atom is -0.365 e. The molecule has 4 rings (SSSR count). The standard InChI is InChI=1S/C24H25F3N4/c1-13-23(3,4)18-11-19-16(10-20(18)31(13)6)22(30-14(2)29-19)28-12-15-8-7-9-17(21(15)25)24(5,26)27/h7-11H,1,12H2,2-6H3,(H,28,29,30). The third-order valence-electron chi connectivity index (χ3n) is 6.08. The highest BCUT2D eigenvalue weighted by Gasteiger charge is 2.38. The topological polar surface area (TPSA) is 41.0 Å². The Morgan fingerprint density at radius 3 is 2.58 bits per heavy atom. The summed E-state index contributed by atoms with van der Waals surface area (Å²) in [6.07, 6.45) is 0. The zero-order valence-corrected chi connectivity index (χ0v) is 18.3. The van der Waals surface area contributed by atoms with E-state index in [1.807, 2.05) is 24.1 Å². The first-order chi connectivity index (χ1) is 14.4. The molecule has 0 saturated heterocycles. The number of hydrogen-bond acceptors (Lipinski definition) is 4. The molecule has 162 valence electrons. The molecule has 0 saturated carbocycles. The van der Waals surface area contributed by atoms with Gasteiger partial charge in [0.15, 0.2) is 0 Å². The van der Waals surface area contributed by atoms with Crippen molar-refractivity contribution in [3.63, 3.8) is 0 Å². The summed E-state index contributed by atoms with van der Waals surface area (Å²) in [5, 5.41) is 3.90. The molecule has 0 bridgehead atoms. The van der Waals surface area contributed by atoms with Crippen molar-refractivity contribution in [2.45, 2.75) is 45.6 Å². The predicted molar refractivity (Wildman–Crippen MR) is 118 cm³/mol. The van der Waals surface area contributed by atoms with E-state index < -0.39 is 17.3 Å². The van der Waals surface area contributed by atoms with Gasteiger partial charge in [0.1, 0.15) is 17.5 Å². The van der Waals surface area contributed by atoms with Gasteiger partial charge >= 0.3 is 0 Å². The van der Waals surface area contributed by atoms with Crippen LogP contribution in [-0.4, -0.2) is 17.0 Å². The first kappa shape index (κ1) is 21.2. The van der Waals surface area contributed by atoms with E-state index >= 15 is 0 Å². The van der Waals surface area contributed by atoms with Crippen molar-refractivity contribution in [2.24, 2.45) is 0 Å². The first-order valence-electron chi connectivity index (χ1n) is 10.1. The molecule has 2 aromatic carbocycles. The van der Waals surface area contributed by atoms with E-state index in [-0.39, 0.29) is 17.5 Å². The maximum Gasteiger partial charge on any atom is 0.273 e. The van der Waals surface area contributed by atoms with E-state index in [9.17, 15) is 13.2 Å². The third kappa shape index (κ3) is 3.42. The molecule has 0 fully saturated rings. The number of alkyl halides is 2. The molecule has 4 nitrogen and oxygen atoms in total. The predicted octanol–water partition coefficient (Wildman–Crippen LogP) is 6.04. The Bertz CT molecular complexity index is 1210. The van der Waals surface area contributed by atoms with Gasteiger partial charge in [0, 0.05) is 48.3 Å². The second kappa shape index (κ2) is 6.97. The van der Waals surface area contributed by atoms with Gasteiger partial charge in [-0.25, -0.2) is 23.1 Å². The van der Waals surface area contributed by atoms with Crippen LogP contribution >= 0.6 is 0 Å². The zero-order chi connectivity index (χ0) is 22.7. The SMILES string of the molecule is C=C1N(C)c2cc3c(NCc4cccc(C(C)(F)F)c4F)nc(C)nc3cc2C1(C)C. The van der Waals surface area contributed by atoms with Gasteiger partial charge in [0.05, 0.1) is 11.1 Å². The molecule has 0 radical (unpaired) electrons. The van der Waals surface area contributed by atoms with Crippen molar-refractivity contribution in [2.75, 3.05) is 17.3 Å². The van der Waals surface area contributed by atoms with E-state index in [4.69, 9.17) is 0 Å². The summed E-state index contributed by atoms with van der Waals surface area (Å²) in [7, 11) is 1.97. The molecular weight excluding hydrogens is 401 g/mol. The molecule has 0 atom stereocenters. The van der Waals surface area contributed by atoms with Gasteiger partial charge in [-0.15, -0.1) is 0 Å². The Labute approximate surface area is 179 Å². The molecule has 1 aromatic heterocycles. The minimum atomic E-state index is -3.25. The summed E-state index contributed by atoms with van der Waals surface area (Å²) in [4.78, 5) is 11.1. The summed E-state index contributed by atoms with van der Waals surface area (Å²) in [6, 6.07) is 8.08. The van der Waals surface area contributed by atoms with E-state index in [1.165, 1.54) is 12.1 Å². The van der Waals surface area contributed by atoms with Crippen molar-refractivity contribution in [3.8, 4) is 0 Å². The molecule has 0 amide bonds. The fourth-order valence-corrected chi connectivity index (χ4v) is 4.15. The number of rotatable bonds is 4. The van der Waals surface area contributed by atoms with Gasteiger partial charge in [-0.2, -0.15) is 0 Å². The van der Waals surface area contributed by atoms with Crippen LogP contribution in [0, 0.1) is 12.7 Å². The lowest BCUT2D eigenvalue weighted by molar-refractivity contribution is 0.0136. The van der Waals surface area contributed by atoms with Crippen LogP contribution in [0.15, 0.2) is 42.6 Å². The fraction of sp³-hybridized carbons (Fsp3) is 0.333. The maximum absolute atomic E-state index is 14.7. The molecule has 0 unspecified atom stereocenters. The molecular formula is C24H25F3N4. The molecule has 0 spiro atoms. The number of hydrogen-bond donors (Lipinski definition) is 1. The Balaban J connectivity index is 1.76. The van der Waals surface area contributed by atoms with Crippen LogP contribution < -0.4 is 10.2 Å².